The molecule has 0 radical (unpaired) electrons. The third kappa shape index (κ3) is 6.57. The van der Waals surface area contributed by atoms with Crippen molar-refractivity contribution in [3.8, 4) is 0 Å². The molecule has 1 fully saturated rings. The van der Waals surface area contributed by atoms with Crippen LogP contribution in [0, 0.1) is 17.8 Å². The summed E-state index contributed by atoms with van der Waals surface area (Å²) in [5, 5.41) is 3.59. The van der Waals surface area contributed by atoms with Gasteiger partial charge in [-0.2, -0.15) is 0 Å². The molecule has 3 nitrogen and oxygen atoms in total. The Labute approximate surface area is 125 Å². The van der Waals surface area contributed by atoms with Gasteiger partial charge in [-0.05, 0) is 62.8 Å². The summed E-state index contributed by atoms with van der Waals surface area (Å²) in [6.45, 7) is 7.79. The van der Waals surface area contributed by atoms with E-state index in [1.807, 2.05) is 0 Å². The Hall–Kier alpha value is -0.0900. The van der Waals surface area contributed by atoms with Crippen molar-refractivity contribution in [2.24, 2.45) is 17.8 Å². The van der Waals surface area contributed by atoms with Crippen molar-refractivity contribution in [3.05, 3.63) is 0 Å². The third-order valence-electron chi connectivity index (χ3n) is 4.82. The van der Waals surface area contributed by atoms with Gasteiger partial charge in [0.1, 0.15) is 9.84 Å². The van der Waals surface area contributed by atoms with Gasteiger partial charge in [-0.1, -0.05) is 20.8 Å². The fourth-order valence-corrected chi connectivity index (χ4v) is 4.24. The Morgan fingerprint density at radius 3 is 2.10 bits per heavy atom. The molecule has 1 aliphatic carbocycles. The van der Waals surface area contributed by atoms with Crippen molar-refractivity contribution in [1.82, 2.24) is 5.32 Å². The number of nitrogens with one attached hydrogen (secondary N) is 1. The van der Waals surface area contributed by atoms with Crippen molar-refractivity contribution in [3.63, 3.8) is 0 Å². The minimum absolute atomic E-state index is 0.330. The van der Waals surface area contributed by atoms with Crippen LogP contribution < -0.4 is 5.32 Å². The molecular formula is C16H33NO2S. The van der Waals surface area contributed by atoms with E-state index in [2.05, 4.69) is 26.1 Å². The van der Waals surface area contributed by atoms with Gasteiger partial charge < -0.3 is 5.32 Å². The molecule has 1 atom stereocenters. The first-order chi connectivity index (χ1) is 9.33. The van der Waals surface area contributed by atoms with Crippen molar-refractivity contribution in [1.29, 1.82) is 0 Å². The largest absolute Gasteiger partial charge is 0.314 e. The zero-order valence-corrected chi connectivity index (χ0v) is 14.5. The maximum atomic E-state index is 11.2. The highest BCUT2D eigenvalue weighted by Crippen LogP contribution is 2.35. The van der Waals surface area contributed by atoms with Crippen LogP contribution in [-0.4, -0.2) is 33.0 Å². The summed E-state index contributed by atoms with van der Waals surface area (Å²) in [5.41, 5.74) is 0. The summed E-state index contributed by atoms with van der Waals surface area (Å²) in [6, 6.07) is 0.509. The van der Waals surface area contributed by atoms with Gasteiger partial charge in [0.15, 0.2) is 0 Å². The summed E-state index contributed by atoms with van der Waals surface area (Å²) in [5.74, 6) is 2.77. The summed E-state index contributed by atoms with van der Waals surface area (Å²) in [4.78, 5) is 0. The van der Waals surface area contributed by atoms with Gasteiger partial charge in [0, 0.05) is 18.1 Å². The SMILES string of the molecule is CCNC(CCCS(C)(=O)=O)C1CCC(C(C)C)CC1. The molecule has 0 aromatic heterocycles. The number of rotatable bonds is 8. The number of hydrogen-bond donors (Lipinski definition) is 1. The van der Waals surface area contributed by atoms with Crippen LogP contribution in [0.3, 0.4) is 0 Å². The lowest BCUT2D eigenvalue weighted by atomic mass is 9.74. The minimum atomic E-state index is -2.81. The van der Waals surface area contributed by atoms with Crippen LogP contribution in [0.4, 0.5) is 0 Å². The zero-order chi connectivity index (χ0) is 15.2. The number of sulfone groups is 1. The smallest absolute Gasteiger partial charge is 0.147 e. The first-order valence-electron chi connectivity index (χ1n) is 8.24. The average molecular weight is 304 g/mol. The summed E-state index contributed by atoms with van der Waals surface area (Å²) in [7, 11) is -2.81. The van der Waals surface area contributed by atoms with Crippen molar-refractivity contribution in [2.75, 3.05) is 18.6 Å². The molecule has 0 saturated heterocycles. The summed E-state index contributed by atoms with van der Waals surface area (Å²) in [6.07, 6.45) is 8.42. The highest BCUT2D eigenvalue weighted by atomic mass is 32.2. The molecule has 0 heterocycles. The van der Waals surface area contributed by atoms with Crippen LogP contribution in [0.5, 0.6) is 0 Å². The molecule has 0 amide bonds. The Morgan fingerprint density at radius 2 is 1.65 bits per heavy atom. The molecule has 0 aromatic carbocycles. The Balaban J connectivity index is 2.42. The normalized spacial score (nSPS) is 25.9. The van der Waals surface area contributed by atoms with E-state index in [0.717, 1.165) is 37.1 Å². The van der Waals surface area contributed by atoms with E-state index in [1.54, 1.807) is 0 Å². The summed E-state index contributed by atoms with van der Waals surface area (Å²) >= 11 is 0. The first kappa shape index (κ1) is 18.0. The number of hydrogen-bond acceptors (Lipinski definition) is 3. The van der Waals surface area contributed by atoms with Gasteiger partial charge in [-0.15, -0.1) is 0 Å². The van der Waals surface area contributed by atoms with Crippen LogP contribution in [-0.2, 0) is 9.84 Å². The molecule has 0 aromatic rings. The molecule has 1 rings (SSSR count). The highest BCUT2D eigenvalue weighted by Gasteiger charge is 2.28. The molecule has 1 saturated carbocycles. The maximum absolute atomic E-state index is 11.2. The van der Waals surface area contributed by atoms with Crippen molar-refractivity contribution < 1.29 is 8.42 Å². The highest BCUT2D eigenvalue weighted by molar-refractivity contribution is 7.90. The minimum Gasteiger partial charge on any atom is -0.314 e. The molecule has 1 aliphatic rings. The molecule has 0 aliphatic heterocycles. The van der Waals surface area contributed by atoms with Gasteiger partial charge in [-0.25, -0.2) is 8.42 Å². The van der Waals surface area contributed by atoms with E-state index >= 15 is 0 Å². The fourth-order valence-electron chi connectivity index (χ4n) is 3.55. The monoisotopic (exact) mass is 303 g/mol. The lowest BCUT2D eigenvalue weighted by Gasteiger charge is -2.36. The lowest BCUT2D eigenvalue weighted by molar-refractivity contribution is 0.184. The molecule has 120 valence electrons. The zero-order valence-electron chi connectivity index (χ0n) is 13.7. The van der Waals surface area contributed by atoms with E-state index in [1.165, 1.54) is 31.9 Å². The predicted molar refractivity (Wildman–Crippen MR) is 86.7 cm³/mol. The van der Waals surface area contributed by atoms with Gasteiger partial charge >= 0.3 is 0 Å². The molecule has 20 heavy (non-hydrogen) atoms. The topological polar surface area (TPSA) is 46.2 Å². The molecule has 4 heteroatoms. The van der Waals surface area contributed by atoms with Crippen molar-refractivity contribution >= 4 is 9.84 Å². The lowest BCUT2D eigenvalue weighted by Crippen LogP contribution is -2.38. The first-order valence-corrected chi connectivity index (χ1v) is 10.3. The van der Waals surface area contributed by atoms with Crippen molar-refractivity contribution in [2.45, 2.75) is 65.3 Å². The molecule has 1 N–H and O–H groups in total. The standard InChI is InChI=1S/C16H33NO2S/c1-5-17-16(7-6-12-20(4,18)19)15-10-8-14(9-11-15)13(2)3/h13-17H,5-12H2,1-4H3. The Morgan fingerprint density at radius 1 is 1.10 bits per heavy atom. The third-order valence-corrected chi connectivity index (χ3v) is 5.86. The van der Waals surface area contributed by atoms with Gasteiger partial charge in [-0.3, -0.25) is 0 Å². The molecule has 0 spiro atoms. The molecule has 1 unspecified atom stereocenters. The van der Waals surface area contributed by atoms with Crippen LogP contribution >= 0.6 is 0 Å². The summed E-state index contributed by atoms with van der Waals surface area (Å²) < 4.78 is 22.5. The van der Waals surface area contributed by atoms with Crippen LogP contribution in [0.15, 0.2) is 0 Å². The van der Waals surface area contributed by atoms with Crippen LogP contribution in [0.25, 0.3) is 0 Å². The molecule has 0 bridgehead atoms. The van der Waals surface area contributed by atoms with Gasteiger partial charge in [0.25, 0.3) is 0 Å². The molecular weight excluding hydrogens is 270 g/mol. The maximum Gasteiger partial charge on any atom is 0.147 e. The van der Waals surface area contributed by atoms with Crippen LogP contribution in [0.2, 0.25) is 0 Å². The second-order valence-corrected chi connectivity index (χ2v) is 9.11. The Kier molecular flexibility index (Phi) is 7.52. The van der Waals surface area contributed by atoms with E-state index in [-0.39, 0.29) is 0 Å². The second-order valence-electron chi connectivity index (χ2n) is 6.86. The van der Waals surface area contributed by atoms with E-state index < -0.39 is 9.84 Å². The van der Waals surface area contributed by atoms with E-state index in [9.17, 15) is 8.42 Å². The van der Waals surface area contributed by atoms with E-state index in [4.69, 9.17) is 0 Å². The second kappa shape index (κ2) is 8.38. The fraction of sp³-hybridized carbons (Fsp3) is 1.00. The van der Waals surface area contributed by atoms with Gasteiger partial charge in [0.05, 0.1) is 0 Å². The predicted octanol–water partition coefficient (Wildman–Crippen LogP) is 3.25. The quantitative estimate of drug-likeness (QED) is 0.748. The average Bonchev–Trinajstić information content (AvgIpc) is 2.36. The van der Waals surface area contributed by atoms with Gasteiger partial charge in [0.2, 0.25) is 0 Å². The van der Waals surface area contributed by atoms with Crippen LogP contribution in [0.1, 0.15) is 59.3 Å². The Bertz CT molecular complexity index is 357. The van der Waals surface area contributed by atoms with E-state index in [0.29, 0.717) is 11.8 Å².